The van der Waals surface area contributed by atoms with Gasteiger partial charge in [0.2, 0.25) is 0 Å². The molecule has 0 aliphatic heterocycles. The highest BCUT2D eigenvalue weighted by Gasteiger charge is 2.52. The molecule has 0 heterocycles. The lowest BCUT2D eigenvalue weighted by Gasteiger charge is -2.48. The van der Waals surface area contributed by atoms with Gasteiger partial charge in [0, 0.05) is 31.4 Å². The Balaban J connectivity index is 2.07. The number of ether oxygens (including phenoxy) is 3. The minimum atomic E-state index is -3.04. The summed E-state index contributed by atoms with van der Waals surface area (Å²) in [4.78, 5) is 12.6. The predicted molar refractivity (Wildman–Crippen MR) is 316 cm³/mol. The largest absolute Gasteiger partial charge is 0.497 e. The first-order valence-corrected chi connectivity index (χ1v) is 35.3. The number of allylic oxidation sites excluding steroid dienone is 2. The van der Waals surface area contributed by atoms with Crippen LogP contribution in [0.1, 0.15) is 133 Å². The van der Waals surface area contributed by atoms with Crippen LogP contribution in [0.4, 0.5) is 0 Å². The molecule has 1 N–H and O–H groups in total. The highest BCUT2D eigenvalue weighted by Crippen LogP contribution is 2.42. The minimum absolute atomic E-state index is 0.0908. The van der Waals surface area contributed by atoms with Gasteiger partial charge in [-0.2, -0.15) is 0 Å². The summed E-state index contributed by atoms with van der Waals surface area (Å²) in [6, 6.07) is 32.2. The SMILES string of the molecule is CCOC(=O)/C=C\[C@@H](CC)[C@@H](O)/C=C/[C@@](CCO[Si](c1ccccc1)(c1ccccc1)C(C)(C)C)(O[Si](CC)(CC)CC)[C@@H](C[C@H](C#C/C=C\C1CCCCC1)O[Si](C)(C)C(C)(C)C)OCc1ccc(OC)cc1. The molecule has 0 aromatic heterocycles. The standard InChI is InChI=1S/C63H96O8Si3/c1-15-53(41-44-60(65)67-16-2)58(64)45-46-63(71-73(17-3,18-4)19-5,47-48-69-74(62(9,10)11,56-35-25-21-26-36-56)57-37-27-22-28-38-57)59(68-50-52-39-42-54(66-12)43-40-52)49-55(70-72(13,14)61(6,7)8)34-30-29-33-51-31-23-20-24-32-51/h21-22,25-29,33,35-46,51,53,55,58-59,64H,15-20,23-24,31-32,47-50H2,1-14H3/b33-29-,44-41-,46-45+/t53-,55+,58+,59-,63+/m1/s1. The Kier molecular flexibility index (Phi) is 25.1. The zero-order valence-corrected chi connectivity index (χ0v) is 51.1. The summed E-state index contributed by atoms with van der Waals surface area (Å²) in [7, 11) is -6.34. The fourth-order valence-corrected chi connectivity index (χ4v) is 19.0. The Bertz CT molecular complexity index is 2200. The topological polar surface area (TPSA) is 92.7 Å². The van der Waals surface area contributed by atoms with Crippen molar-refractivity contribution >= 4 is 41.3 Å². The lowest BCUT2D eigenvalue weighted by Crippen LogP contribution is -2.67. The molecular weight excluding hydrogens is 969 g/mol. The van der Waals surface area contributed by atoms with E-state index >= 15 is 0 Å². The molecule has 3 aromatic rings. The van der Waals surface area contributed by atoms with Crippen molar-refractivity contribution in [2.45, 2.75) is 199 Å². The quantitative estimate of drug-likeness (QED) is 0.0253. The van der Waals surface area contributed by atoms with Gasteiger partial charge in [0.15, 0.2) is 16.6 Å². The van der Waals surface area contributed by atoms with Gasteiger partial charge >= 0.3 is 5.97 Å². The summed E-state index contributed by atoms with van der Waals surface area (Å²) in [5.74, 6) is 7.67. The molecule has 4 rings (SSSR count). The van der Waals surface area contributed by atoms with Crippen molar-refractivity contribution in [2.24, 2.45) is 11.8 Å². The van der Waals surface area contributed by atoms with E-state index in [-0.39, 0.29) is 29.2 Å². The number of benzene rings is 3. The first-order chi connectivity index (χ1) is 35.2. The smallest absolute Gasteiger partial charge is 0.330 e. The van der Waals surface area contributed by atoms with Gasteiger partial charge in [0.25, 0.3) is 8.32 Å². The second-order valence-corrected chi connectivity index (χ2v) is 36.6. The van der Waals surface area contributed by atoms with Crippen LogP contribution < -0.4 is 15.1 Å². The average molecular weight is 1070 g/mol. The van der Waals surface area contributed by atoms with E-state index in [4.69, 9.17) is 27.5 Å². The van der Waals surface area contributed by atoms with Crippen molar-refractivity contribution in [3.05, 3.63) is 127 Å². The van der Waals surface area contributed by atoms with Crippen LogP contribution in [0.3, 0.4) is 0 Å². The van der Waals surface area contributed by atoms with E-state index in [0.29, 0.717) is 31.8 Å². The van der Waals surface area contributed by atoms with Gasteiger partial charge in [0.05, 0.1) is 32.5 Å². The fourth-order valence-electron chi connectivity index (χ4n) is 10.1. The van der Waals surface area contributed by atoms with Crippen LogP contribution in [0.15, 0.2) is 121 Å². The van der Waals surface area contributed by atoms with Crippen molar-refractivity contribution in [2.75, 3.05) is 20.3 Å². The number of aliphatic hydroxyl groups is 1. The fraction of sp³-hybridized carbons (Fsp3) is 0.571. The number of esters is 1. The van der Waals surface area contributed by atoms with Crippen molar-refractivity contribution in [3.8, 4) is 17.6 Å². The maximum Gasteiger partial charge on any atom is 0.330 e. The molecule has 5 atom stereocenters. The third-order valence-electron chi connectivity index (χ3n) is 16.0. The Morgan fingerprint density at radius 3 is 1.91 bits per heavy atom. The highest BCUT2D eigenvalue weighted by molar-refractivity contribution is 6.99. The number of hydrogen-bond acceptors (Lipinski definition) is 8. The number of hydrogen-bond donors (Lipinski definition) is 1. The summed E-state index contributed by atoms with van der Waals surface area (Å²) in [5, 5.41) is 14.3. The zero-order chi connectivity index (χ0) is 54.5. The molecule has 0 spiro atoms. The molecule has 0 unspecified atom stereocenters. The predicted octanol–water partition coefficient (Wildman–Crippen LogP) is 14.3. The van der Waals surface area contributed by atoms with Gasteiger partial charge < -0.3 is 32.6 Å². The number of aliphatic hydroxyl groups excluding tert-OH is 1. The van der Waals surface area contributed by atoms with E-state index in [1.165, 1.54) is 48.6 Å². The molecule has 0 amide bonds. The third-order valence-corrected chi connectivity index (χ3v) is 30.2. The number of rotatable bonds is 28. The van der Waals surface area contributed by atoms with Crippen LogP contribution in [0.5, 0.6) is 5.75 Å². The number of methoxy groups -OCH3 is 1. The maximum atomic E-state index is 12.6. The second-order valence-electron chi connectivity index (χ2n) is 22.9. The zero-order valence-electron chi connectivity index (χ0n) is 48.1. The lowest BCUT2D eigenvalue weighted by molar-refractivity contribution is -0.137. The van der Waals surface area contributed by atoms with Crippen LogP contribution in [-0.2, 0) is 34.2 Å². The Morgan fingerprint density at radius 2 is 1.39 bits per heavy atom. The monoisotopic (exact) mass is 1060 g/mol. The van der Waals surface area contributed by atoms with Crippen LogP contribution in [0, 0.1) is 23.7 Å². The molecule has 0 radical (unpaired) electrons. The van der Waals surface area contributed by atoms with Crippen molar-refractivity contribution in [1.82, 2.24) is 0 Å². The minimum Gasteiger partial charge on any atom is -0.497 e. The third kappa shape index (κ3) is 17.6. The van der Waals surface area contributed by atoms with E-state index in [0.717, 1.165) is 29.4 Å². The van der Waals surface area contributed by atoms with Crippen molar-refractivity contribution in [1.29, 1.82) is 0 Å². The van der Waals surface area contributed by atoms with E-state index in [9.17, 15) is 9.90 Å². The van der Waals surface area contributed by atoms with Crippen LogP contribution in [-0.4, -0.2) is 80.3 Å². The molecule has 3 aromatic carbocycles. The normalized spacial score (nSPS) is 16.9. The van der Waals surface area contributed by atoms with Gasteiger partial charge in [-0.05, 0) is 108 Å². The van der Waals surface area contributed by atoms with E-state index in [1.54, 1.807) is 20.1 Å². The number of carbonyl (C=O) groups is 1. The van der Waals surface area contributed by atoms with E-state index in [2.05, 4.69) is 178 Å². The molecule has 1 aliphatic rings. The van der Waals surface area contributed by atoms with Gasteiger partial charge in [0.1, 0.15) is 17.5 Å². The Morgan fingerprint density at radius 1 is 0.797 bits per heavy atom. The molecule has 1 saturated carbocycles. The van der Waals surface area contributed by atoms with Crippen LogP contribution in [0.2, 0.25) is 41.3 Å². The molecule has 0 saturated heterocycles. The Hall–Kier alpha value is -3.84. The molecule has 11 heteroatoms. The van der Waals surface area contributed by atoms with Crippen LogP contribution in [0.25, 0.3) is 0 Å². The summed E-state index contributed by atoms with van der Waals surface area (Å²) in [6.45, 7) is 29.8. The van der Waals surface area contributed by atoms with E-state index < -0.39 is 54.8 Å². The summed E-state index contributed by atoms with van der Waals surface area (Å²) < 4.78 is 41.6. The van der Waals surface area contributed by atoms with Gasteiger partial charge in [-0.1, -0.05) is 197 Å². The molecule has 1 aliphatic carbocycles. The van der Waals surface area contributed by atoms with Gasteiger partial charge in [-0.3, -0.25) is 0 Å². The molecule has 0 bridgehead atoms. The van der Waals surface area contributed by atoms with Gasteiger partial charge in [-0.25, -0.2) is 4.79 Å². The summed E-state index contributed by atoms with van der Waals surface area (Å²) in [5.41, 5.74) is -0.161. The molecule has 408 valence electrons. The average Bonchev–Trinajstić information content (AvgIpc) is 3.39. The molecule has 1 fully saturated rings. The Labute approximate surface area is 452 Å². The van der Waals surface area contributed by atoms with Crippen LogP contribution >= 0.6 is 0 Å². The first-order valence-electron chi connectivity index (χ1n) is 27.9. The summed E-state index contributed by atoms with van der Waals surface area (Å²) in [6.07, 6.45) is 17.1. The van der Waals surface area contributed by atoms with Crippen molar-refractivity contribution < 1.29 is 37.4 Å². The molecule has 74 heavy (non-hydrogen) atoms. The van der Waals surface area contributed by atoms with Crippen molar-refractivity contribution in [3.63, 3.8) is 0 Å². The molecule has 8 nitrogen and oxygen atoms in total. The highest BCUT2D eigenvalue weighted by atomic mass is 28.4. The van der Waals surface area contributed by atoms with Gasteiger partial charge in [-0.15, -0.1) is 0 Å². The molecular formula is C63H96O8Si3. The maximum absolute atomic E-state index is 12.6. The second kappa shape index (κ2) is 29.6. The number of carbonyl (C=O) groups excluding carboxylic acids is 1. The first kappa shape index (κ1) is 62.7. The van der Waals surface area contributed by atoms with E-state index in [1.807, 2.05) is 25.1 Å². The summed E-state index contributed by atoms with van der Waals surface area (Å²) >= 11 is 0. The lowest BCUT2D eigenvalue weighted by atomic mass is 9.87.